The Labute approximate surface area is 151 Å². The van der Waals surface area contributed by atoms with Crippen molar-refractivity contribution in [3.8, 4) is 0 Å². The minimum atomic E-state index is -0.454. The van der Waals surface area contributed by atoms with Gasteiger partial charge in [-0.3, -0.25) is 18.7 Å². The van der Waals surface area contributed by atoms with Crippen LogP contribution in [-0.2, 0) is 14.1 Å². The molecular weight excluding hydrogens is 334 g/mol. The summed E-state index contributed by atoms with van der Waals surface area (Å²) in [4.78, 5) is 43.2. The Balaban J connectivity index is 1.84. The zero-order valence-electron chi connectivity index (χ0n) is 15.5. The van der Waals surface area contributed by atoms with Gasteiger partial charge in [0.25, 0.3) is 11.5 Å². The van der Waals surface area contributed by atoms with Gasteiger partial charge in [-0.15, -0.1) is 0 Å². The molecule has 1 fully saturated rings. The normalized spacial score (nSPS) is 15.6. The molecular formula is C18H25N5O3. The number of aromatic nitrogens is 3. The molecule has 140 valence electrons. The van der Waals surface area contributed by atoms with Gasteiger partial charge in [-0.25, -0.2) is 9.78 Å². The lowest BCUT2D eigenvalue weighted by Gasteiger charge is -2.31. The summed E-state index contributed by atoms with van der Waals surface area (Å²) in [5.74, 6) is 0.493. The number of pyridine rings is 1. The number of likely N-dealkylation sites (tertiary alicyclic amines) is 1. The van der Waals surface area contributed by atoms with E-state index in [0.717, 1.165) is 30.4 Å². The first-order valence-electron chi connectivity index (χ1n) is 8.94. The van der Waals surface area contributed by atoms with Crippen LogP contribution in [0.1, 0.15) is 29.8 Å². The molecule has 0 radical (unpaired) electrons. The number of amides is 1. The van der Waals surface area contributed by atoms with E-state index in [-0.39, 0.29) is 17.2 Å². The number of piperidine rings is 1. The maximum atomic E-state index is 12.8. The minimum Gasteiger partial charge on any atom is -0.337 e. The van der Waals surface area contributed by atoms with Gasteiger partial charge in [0.2, 0.25) is 0 Å². The summed E-state index contributed by atoms with van der Waals surface area (Å²) in [5, 5.41) is 3.49. The van der Waals surface area contributed by atoms with Gasteiger partial charge in [-0.2, -0.15) is 0 Å². The fraction of sp³-hybridized carbons (Fsp3) is 0.556. The van der Waals surface area contributed by atoms with Crippen LogP contribution in [0.15, 0.2) is 21.7 Å². The summed E-state index contributed by atoms with van der Waals surface area (Å²) in [6.45, 7) is 2.42. The van der Waals surface area contributed by atoms with Gasteiger partial charge in [0, 0.05) is 27.2 Å². The third-order valence-electron chi connectivity index (χ3n) is 5.23. The average molecular weight is 359 g/mol. The van der Waals surface area contributed by atoms with Crippen LogP contribution in [0.3, 0.4) is 0 Å². The van der Waals surface area contributed by atoms with E-state index in [0.29, 0.717) is 24.4 Å². The van der Waals surface area contributed by atoms with E-state index >= 15 is 0 Å². The van der Waals surface area contributed by atoms with Crippen LogP contribution in [0.2, 0.25) is 0 Å². The molecule has 8 heteroatoms. The van der Waals surface area contributed by atoms with Crippen molar-refractivity contribution >= 4 is 16.9 Å². The van der Waals surface area contributed by atoms with Crippen molar-refractivity contribution in [1.29, 1.82) is 0 Å². The first-order valence-corrected chi connectivity index (χ1v) is 8.94. The lowest BCUT2D eigenvalue weighted by Crippen LogP contribution is -2.40. The molecule has 1 aliphatic rings. The second-order valence-electron chi connectivity index (χ2n) is 6.90. The summed E-state index contributed by atoms with van der Waals surface area (Å²) in [7, 11) is 4.94. The first-order chi connectivity index (χ1) is 12.4. The van der Waals surface area contributed by atoms with Gasteiger partial charge in [0.05, 0.1) is 5.39 Å². The van der Waals surface area contributed by atoms with Gasteiger partial charge in [0.15, 0.2) is 0 Å². The highest BCUT2D eigenvalue weighted by molar-refractivity contribution is 5.94. The quantitative estimate of drug-likeness (QED) is 0.836. The molecule has 0 unspecified atom stereocenters. The molecule has 0 bridgehead atoms. The molecule has 0 spiro atoms. The zero-order valence-corrected chi connectivity index (χ0v) is 15.5. The molecule has 1 amide bonds. The van der Waals surface area contributed by atoms with Crippen LogP contribution in [0.25, 0.3) is 11.0 Å². The maximum Gasteiger partial charge on any atom is 0.332 e. The lowest BCUT2D eigenvalue weighted by atomic mass is 9.93. The van der Waals surface area contributed by atoms with Gasteiger partial charge in [-0.05, 0) is 50.9 Å². The molecule has 2 aromatic heterocycles. The van der Waals surface area contributed by atoms with Crippen molar-refractivity contribution in [3.63, 3.8) is 0 Å². The predicted molar refractivity (Wildman–Crippen MR) is 99.4 cm³/mol. The lowest BCUT2D eigenvalue weighted by molar-refractivity contribution is 0.0681. The Morgan fingerprint density at radius 3 is 2.54 bits per heavy atom. The van der Waals surface area contributed by atoms with Gasteiger partial charge in [0.1, 0.15) is 11.3 Å². The van der Waals surface area contributed by atoms with Crippen molar-refractivity contribution in [1.82, 2.24) is 24.3 Å². The van der Waals surface area contributed by atoms with Crippen molar-refractivity contribution in [2.45, 2.75) is 19.3 Å². The number of hydrogen-bond donors (Lipinski definition) is 1. The molecule has 0 aromatic carbocycles. The number of rotatable bonds is 4. The van der Waals surface area contributed by atoms with Crippen molar-refractivity contribution in [3.05, 3.63) is 38.7 Å². The van der Waals surface area contributed by atoms with Gasteiger partial charge in [-0.1, -0.05) is 0 Å². The van der Waals surface area contributed by atoms with Crippen molar-refractivity contribution in [2.75, 3.05) is 26.7 Å². The highest BCUT2D eigenvalue weighted by Crippen LogP contribution is 2.21. The van der Waals surface area contributed by atoms with E-state index in [2.05, 4.69) is 10.3 Å². The Morgan fingerprint density at radius 2 is 1.88 bits per heavy atom. The van der Waals surface area contributed by atoms with Crippen molar-refractivity contribution in [2.24, 2.45) is 20.0 Å². The maximum absolute atomic E-state index is 12.8. The summed E-state index contributed by atoms with van der Waals surface area (Å²) < 4.78 is 2.35. The van der Waals surface area contributed by atoms with Crippen LogP contribution >= 0.6 is 0 Å². The van der Waals surface area contributed by atoms with E-state index < -0.39 is 11.2 Å². The largest absolute Gasteiger partial charge is 0.337 e. The third-order valence-corrected chi connectivity index (χ3v) is 5.23. The van der Waals surface area contributed by atoms with Crippen LogP contribution in [-0.4, -0.2) is 51.6 Å². The van der Waals surface area contributed by atoms with Crippen LogP contribution in [0, 0.1) is 5.92 Å². The molecule has 1 N–H and O–H groups in total. The summed E-state index contributed by atoms with van der Waals surface area (Å²) in [6, 6.07) is 3.15. The van der Waals surface area contributed by atoms with Crippen LogP contribution in [0.4, 0.5) is 0 Å². The molecule has 1 saturated heterocycles. The summed E-state index contributed by atoms with van der Waals surface area (Å²) >= 11 is 0. The summed E-state index contributed by atoms with van der Waals surface area (Å²) in [5.41, 5.74) is -0.341. The smallest absolute Gasteiger partial charge is 0.332 e. The zero-order chi connectivity index (χ0) is 18.8. The molecule has 2 aromatic rings. The van der Waals surface area contributed by atoms with E-state index in [1.54, 1.807) is 19.2 Å². The van der Waals surface area contributed by atoms with E-state index in [1.807, 2.05) is 11.9 Å². The van der Waals surface area contributed by atoms with E-state index in [9.17, 15) is 14.4 Å². The number of nitrogens with zero attached hydrogens (tertiary/aromatic N) is 4. The van der Waals surface area contributed by atoms with Crippen LogP contribution < -0.4 is 16.6 Å². The molecule has 3 heterocycles. The molecule has 0 aliphatic carbocycles. The molecule has 0 saturated carbocycles. The van der Waals surface area contributed by atoms with E-state index in [1.165, 1.54) is 11.6 Å². The molecule has 26 heavy (non-hydrogen) atoms. The number of hydrogen-bond acceptors (Lipinski definition) is 5. The Kier molecular flexibility index (Phi) is 5.22. The van der Waals surface area contributed by atoms with Crippen LogP contribution in [0.5, 0.6) is 0 Å². The standard InChI is InChI=1S/C18H25N5O3/c1-19-9-6-12-7-10-23(11-8-12)17(25)14-5-4-13-15(20-14)21(2)18(26)22(3)16(13)24/h4-5,12,19H,6-11H2,1-3H3. The molecule has 0 atom stereocenters. The Bertz CT molecular complexity index is 938. The highest BCUT2D eigenvalue weighted by atomic mass is 16.2. The predicted octanol–water partition coefficient (Wildman–Crippen LogP) is 0.0939. The molecule has 3 rings (SSSR count). The fourth-order valence-corrected chi connectivity index (χ4v) is 3.51. The Hall–Kier alpha value is -2.48. The fourth-order valence-electron chi connectivity index (χ4n) is 3.51. The second kappa shape index (κ2) is 7.41. The Morgan fingerprint density at radius 1 is 1.19 bits per heavy atom. The minimum absolute atomic E-state index is 0.146. The highest BCUT2D eigenvalue weighted by Gasteiger charge is 2.24. The summed E-state index contributed by atoms with van der Waals surface area (Å²) in [6.07, 6.45) is 3.10. The molecule has 1 aliphatic heterocycles. The monoisotopic (exact) mass is 359 g/mol. The third kappa shape index (κ3) is 3.29. The second-order valence-corrected chi connectivity index (χ2v) is 6.90. The van der Waals surface area contributed by atoms with Crippen molar-refractivity contribution < 1.29 is 4.79 Å². The topological polar surface area (TPSA) is 89.2 Å². The SMILES string of the molecule is CNCCC1CCN(C(=O)c2ccc3c(=O)n(C)c(=O)n(C)c3n2)CC1. The molecule has 8 nitrogen and oxygen atoms in total. The number of carbonyl (C=O) groups is 1. The van der Waals surface area contributed by atoms with Gasteiger partial charge < -0.3 is 10.2 Å². The first kappa shape index (κ1) is 18.3. The number of nitrogens with one attached hydrogen (secondary N) is 1. The van der Waals surface area contributed by atoms with Gasteiger partial charge >= 0.3 is 5.69 Å². The number of fused-ring (bicyclic) bond motifs is 1. The van der Waals surface area contributed by atoms with E-state index in [4.69, 9.17) is 0 Å². The number of carbonyl (C=O) groups excluding carboxylic acids is 1. The average Bonchev–Trinajstić information content (AvgIpc) is 2.68. The number of aryl methyl sites for hydroxylation is 1.